The highest BCUT2D eigenvalue weighted by atomic mass is 15.2. The highest BCUT2D eigenvalue weighted by Gasteiger charge is 2.46. The summed E-state index contributed by atoms with van der Waals surface area (Å²) in [5.41, 5.74) is 0.769. The molecular formula is C25H52N2. The van der Waals surface area contributed by atoms with Crippen molar-refractivity contribution >= 4 is 0 Å². The van der Waals surface area contributed by atoms with Gasteiger partial charge in [-0.05, 0) is 82.3 Å². The van der Waals surface area contributed by atoms with Crippen molar-refractivity contribution in [3.05, 3.63) is 26.3 Å². The maximum Gasteiger partial charge on any atom is 0.00723 e. The summed E-state index contributed by atoms with van der Waals surface area (Å²) in [5, 5.41) is 3.49. The summed E-state index contributed by atoms with van der Waals surface area (Å²) in [6.07, 6.45) is 10.2. The third-order valence-electron chi connectivity index (χ3n) is 6.25. The third-order valence-corrected chi connectivity index (χ3v) is 6.25. The number of piperidine rings is 2. The molecule has 0 bridgehead atoms. The molecule has 1 N–H and O–H groups in total. The highest BCUT2D eigenvalue weighted by molar-refractivity contribution is 4.99. The lowest BCUT2D eigenvalue weighted by atomic mass is 9.56. The lowest BCUT2D eigenvalue weighted by molar-refractivity contribution is -0.0426. The monoisotopic (exact) mass is 380 g/mol. The molecule has 2 saturated heterocycles. The van der Waals surface area contributed by atoms with Gasteiger partial charge in [0.25, 0.3) is 0 Å². The van der Waals surface area contributed by atoms with E-state index in [2.05, 4.69) is 50.4 Å². The van der Waals surface area contributed by atoms with Gasteiger partial charge in [-0.2, -0.15) is 0 Å². The van der Waals surface area contributed by atoms with Crippen LogP contribution in [0.4, 0.5) is 0 Å². The highest BCUT2D eigenvalue weighted by Crippen LogP contribution is 2.54. The van der Waals surface area contributed by atoms with Crippen LogP contribution in [0.2, 0.25) is 0 Å². The lowest BCUT2D eigenvalue weighted by Crippen LogP contribution is -2.52. The summed E-state index contributed by atoms with van der Waals surface area (Å²) in [7, 11) is 0. The third kappa shape index (κ3) is 9.43. The topological polar surface area (TPSA) is 15.3 Å². The van der Waals surface area contributed by atoms with Crippen molar-refractivity contribution in [3.63, 3.8) is 0 Å². The second kappa shape index (κ2) is 17.5. The van der Waals surface area contributed by atoms with Gasteiger partial charge in [-0.25, -0.2) is 0 Å². The molecule has 1 atom stereocenters. The van der Waals surface area contributed by atoms with Crippen LogP contribution in [-0.4, -0.2) is 37.1 Å². The molecule has 1 saturated carbocycles. The van der Waals surface area contributed by atoms with Crippen molar-refractivity contribution in [2.75, 3.05) is 26.2 Å². The minimum atomic E-state index is 0.769. The molecule has 27 heavy (non-hydrogen) atoms. The average Bonchev–Trinajstić information content (AvgIpc) is 2.74. The first-order valence-electron chi connectivity index (χ1n) is 11.7. The zero-order valence-corrected chi connectivity index (χ0v) is 19.8. The molecule has 0 aromatic carbocycles. The molecule has 0 aromatic heterocycles. The van der Waals surface area contributed by atoms with E-state index < -0.39 is 0 Å². The maximum absolute atomic E-state index is 3.49. The fraction of sp³-hybridized carbons (Fsp3) is 0.840. The van der Waals surface area contributed by atoms with Gasteiger partial charge in [0.05, 0.1) is 0 Å². The van der Waals surface area contributed by atoms with E-state index in [9.17, 15) is 0 Å². The first-order chi connectivity index (χ1) is 13.2. The van der Waals surface area contributed by atoms with Crippen LogP contribution in [-0.2, 0) is 0 Å². The van der Waals surface area contributed by atoms with E-state index in [1.165, 1.54) is 71.1 Å². The normalized spacial score (nSPS) is 29.9. The Labute approximate surface area is 172 Å². The lowest BCUT2D eigenvalue weighted by Gasteiger charge is -2.55. The molecule has 162 valence electrons. The second-order valence-electron chi connectivity index (χ2n) is 7.67. The zero-order chi connectivity index (χ0) is 21.3. The van der Waals surface area contributed by atoms with Crippen molar-refractivity contribution < 1.29 is 0 Å². The van der Waals surface area contributed by atoms with Crippen LogP contribution < -0.4 is 5.32 Å². The van der Waals surface area contributed by atoms with Crippen LogP contribution in [0.15, 0.2) is 26.3 Å². The first kappa shape index (κ1) is 28.6. The molecule has 2 heterocycles. The smallest absolute Gasteiger partial charge is 0.00723 e. The van der Waals surface area contributed by atoms with E-state index in [-0.39, 0.29) is 0 Å². The van der Waals surface area contributed by atoms with Crippen LogP contribution >= 0.6 is 0 Å². The Morgan fingerprint density at radius 1 is 0.889 bits per heavy atom. The van der Waals surface area contributed by atoms with Crippen molar-refractivity contribution in [1.29, 1.82) is 0 Å². The summed E-state index contributed by atoms with van der Waals surface area (Å²) in [4.78, 5) is 2.81. The minimum Gasteiger partial charge on any atom is -0.317 e. The quantitative estimate of drug-likeness (QED) is 0.534. The van der Waals surface area contributed by atoms with E-state index in [0.717, 1.165) is 23.3 Å². The Kier molecular flexibility index (Phi) is 18.5. The standard InChI is InChI=1S/C17H32N2.2C2H6.2C2H4/c1-3-15-11-17(12-15)6-9-19(14(2)10-17)13-16-4-7-18-8-5-16;4*1-2/h14-16,18H,3-13H2,1-2H3;2*1-2H3;2*1-2H2. The molecule has 2 nitrogen and oxygen atoms in total. The number of nitrogens with zero attached hydrogens (tertiary/aromatic N) is 1. The number of hydrogen-bond acceptors (Lipinski definition) is 2. The van der Waals surface area contributed by atoms with Gasteiger partial charge in [0, 0.05) is 12.6 Å². The average molecular weight is 381 g/mol. The number of hydrogen-bond donors (Lipinski definition) is 1. The Balaban J connectivity index is 0. The van der Waals surface area contributed by atoms with Crippen LogP contribution in [0.25, 0.3) is 0 Å². The van der Waals surface area contributed by atoms with Gasteiger partial charge < -0.3 is 10.2 Å². The van der Waals surface area contributed by atoms with Gasteiger partial charge in [-0.3, -0.25) is 0 Å². The van der Waals surface area contributed by atoms with Gasteiger partial charge in [0.15, 0.2) is 0 Å². The fourth-order valence-corrected chi connectivity index (χ4v) is 4.95. The molecule has 3 fully saturated rings. The molecule has 3 aliphatic rings. The van der Waals surface area contributed by atoms with Crippen LogP contribution in [0.5, 0.6) is 0 Å². The molecule has 1 aliphatic carbocycles. The fourth-order valence-electron chi connectivity index (χ4n) is 4.95. The van der Waals surface area contributed by atoms with Crippen molar-refractivity contribution in [2.45, 2.75) is 92.5 Å². The van der Waals surface area contributed by atoms with Crippen LogP contribution in [0.3, 0.4) is 0 Å². The Morgan fingerprint density at radius 3 is 1.85 bits per heavy atom. The number of rotatable bonds is 3. The van der Waals surface area contributed by atoms with Gasteiger partial charge in [-0.15, -0.1) is 26.3 Å². The summed E-state index contributed by atoms with van der Waals surface area (Å²) >= 11 is 0. The van der Waals surface area contributed by atoms with Crippen LogP contribution in [0, 0.1) is 17.3 Å². The SMILES string of the molecule is C=C.C=C.CC.CC.CCC1CC2(CCN(CC3CCNCC3)C(C)C2)C1. The van der Waals surface area contributed by atoms with E-state index >= 15 is 0 Å². The van der Waals surface area contributed by atoms with Crippen LogP contribution in [0.1, 0.15) is 86.5 Å². The van der Waals surface area contributed by atoms with Crippen molar-refractivity contribution in [3.8, 4) is 0 Å². The Morgan fingerprint density at radius 2 is 1.41 bits per heavy atom. The molecular weight excluding hydrogens is 328 g/mol. The summed E-state index contributed by atoms with van der Waals surface area (Å²) < 4.78 is 0. The van der Waals surface area contributed by atoms with Gasteiger partial charge in [0.1, 0.15) is 0 Å². The molecule has 2 aliphatic heterocycles. The van der Waals surface area contributed by atoms with E-state index in [1.54, 1.807) is 0 Å². The Hall–Kier alpha value is -0.600. The first-order valence-corrected chi connectivity index (χ1v) is 11.7. The van der Waals surface area contributed by atoms with E-state index in [0.29, 0.717) is 0 Å². The van der Waals surface area contributed by atoms with Gasteiger partial charge >= 0.3 is 0 Å². The van der Waals surface area contributed by atoms with E-state index in [4.69, 9.17) is 0 Å². The molecule has 0 aromatic rings. The van der Waals surface area contributed by atoms with Gasteiger partial charge in [-0.1, -0.05) is 41.0 Å². The minimum absolute atomic E-state index is 0.769. The number of likely N-dealkylation sites (tertiary alicyclic amines) is 1. The predicted molar refractivity (Wildman–Crippen MR) is 127 cm³/mol. The van der Waals surface area contributed by atoms with Crippen molar-refractivity contribution in [2.24, 2.45) is 17.3 Å². The molecule has 0 amide bonds. The molecule has 1 spiro atoms. The summed E-state index contributed by atoms with van der Waals surface area (Å²) in [6, 6.07) is 0.835. The maximum atomic E-state index is 3.49. The predicted octanol–water partition coefficient (Wildman–Crippen LogP) is 6.93. The molecule has 0 radical (unpaired) electrons. The summed E-state index contributed by atoms with van der Waals surface area (Å²) in [5.74, 6) is 2.02. The summed E-state index contributed by atoms with van der Waals surface area (Å²) in [6.45, 7) is 30.1. The van der Waals surface area contributed by atoms with E-state index in [1.807, 2.05) is 27.7 Å². The van der Waals surface area contributed by atoms with Gasteiger partial charge in [0.2, 0.25) is 0 Å². The molecule has 3 rings (SSSR count). The number of nitrogens with one attached hydrogen (secondary N) is 1. The second-order valence-corrected chi connectivity index (χ2v) is 7.67. The molecule has 2 heteroatoms. The van der Waals surface area contributed by atoms with Crippen molar-refractivity contribution in [1.82, 2.24) is 10.2 Å². The molecule has 1 unspecified atom stereocenters. The Bertz CT molecular complexity index is 314. The largest absolute Gasteiger partial charge is 0.317 e. The zero-order valence-electron chi connectivity index (χ0n) is 19.8.